The van der Waals surface area contributed by atoms with Gasteiger partial charge in [0.15, 0.2) is 0 Å². The van der Waals surface area contributed by atoms with Crippen LogP contribution in [-0.2, 0) is 129 Å². The maximum atomic E-state index is 12.9. The van der Waals surface area contributed by atoms with Crippen molar-refractivity contribution in [1.29, 1.82) is 0 Å². The Morgan fingerprint density at radius 3 is 1.27 bits per heavy atom. The first-order valence-corrected chi connectivity index (χ1v) is 37.0. The van der Waals surface area contributed by atoms with E-state index in [1.165, 1.54) is 26.0 Å². The van der Waals surface area contributed by atoms with Gasteiger partial charge in [-0.2, -0.15) is 22.8 Å². The molecule has 0 aliphatic carbocycles. The van der Waals surface area contributed by atoms with E-state index in [1.807, 2.05) is 147 Å². The molecule has 0 saturated heterocycles. The van der Waals surface area contributed by atoms with E-state index in [0.717, 1.165) is 76.7 Å². The molecule has 1 amide bonds. The van der Waals surface area contributed by atoms with Crippen molar-refractivity contribution in [3.8, 4) is 0 Å². The third kappa shape index (κ3) is 33.8. The van der Waals surface area contributed by atoms with Gasteiger partial charge < -0.3 is 47.8 Å². The van der Waals surface area contributed by atoms with Crippen molar-refractivity contribution in [2.75, 3.05) is 18.5 Å². The van der Waals surface area contributed by atoms with Gasteiger partial charge in [-0.3, -0.25) is 38.4 Å². The molecule has 3 heterocycles. The van der Waals surface area contributed by atoms with E-state index in [2.05, 4.69) is 58.4 Å². The molecule has 0 saturated carbocycles. The molecular formula is C87H113F3N4O18. The van der Waals surface area contributed by atoms with Crippen molar-refractivity contribution in [2.45, 2.75) is 239 Å². The Hall–Kier alpha value is -10.8. The number of alkyl halides is 3. The first-order chi connectivity index (χ1) is 52.2. The number of anilines is 1. The summed E-state index contributed by atoms with van der Waals surface area (Å²) in [5, 5.41) is 11.8. The summed E-state index contributed by atoms with van der Waals surface area (Å²) < 4.78 is 70.2. The van der Waals surface area contributed by atoms with Crippen LogP contribution < -0.4 is 5.32 Å². The Morgan fingerprint density at radius 2 is 0.884 bits per heavy atom. The van der Waals surface area contributed by atoms with E-state index in [1.54, 1.807) is 47.6 Å². The average Bonchev–Trinajstić information content (AvgIpc) is 1.64. The number of nitrogens with zero attached hydrogens (tertiary/aromatic N) is 3. The Bertz CT molecular complexity index is 4270. The number of rotatable bonds is 27. The van der Waals surface area contributed by atoms with Crippen LogP contribution in [0.15, 0.2) is 133 Å². The number of carboxylic acid groups (broad SMARTS) is 1. The largest absolute Gasteiger partial charge is 0.478 e. The Morgan fingerprint density at radius 1 is 0.491 bits per heavy atom. The van der Waals surface area contributed by atoms with Crippen molar-refractivity contribution in [3.63, 3.8) is 0 Å². The molecule has 0 spiro atoms. The van der Waals surface area contributed by atoms with Gasteiger partial charge in [-0.25, -0.2) is 9.59 Å². The number of aromatic nitrogens is 3. The van der Waals surface area contributed by atoms with Gasteiger partial charge in [-0.1, -0.05) is 193 Å². The molecule has 0 fully saturated rings. The van der Waals surface area contributed by atoms with E-state index >= 15 is 0 Å². The van der Waals surface area contributed by atoms with E-state index in [9.17, 15) is 66.2 Å². The highest BCUT2D eigenvalue weighted by atomic mass is 19.4. The predicted octanol–water partition coefficient (Wildman–Crippen LogP) is 17.4. The van der Waals surface area contributed by atoms with Crippen LogP contribution in [-0.4, -0.2) is 97.2 Å². The van der Waals surface area contributed by atoms with Crippen LogP contribution in [0.1, 0.15) is 244 Å². The van der Waals surface area contributed by atoms with E-state index in [0.29, 0.717) is 48.7 Å². The second-order valence-electron chi connectivity index (χ2n) is 30.4. The number of ketones is 3. The number of carboxylic acids is 1. The number of unbranched alkanes of at least 4 members (excludes halogenated alkanes) is 1. The summed E-state index contributed by atoms with van der Waals surface area (Å²) in [6.45, 7) is 40.8. The summed E-state index contributed by atoms with van der Waals surface area (Å²) in [5.41, 5.74) is 7.57. The molecule has 0 aliphatic heterocycles. The van der Waals surface area contributed by atoms with Crippen LogP contribution in [0.3, 0.4) is 0 Å². The monoisotopic (exact) mass is 1560 g/mol. The first-order valence-electron chi connectivity index (χ1n) is 37.0. The maximum absolute atomic E-state index is 12.9. The van der Waals surface area contributed by atoms with Crippen molar-refractivity contribution >= 4 is 70.9 Å². The summed E-state index contributed by atoms with van der Waals surface area (Å²) >= 11 is 0. The fourth-order valence-electron chi connectivity index (χ4n) is 11.0. The Labute approximate surface area is 656 Å². The van der Waals surface area contributed by atoms with Gasteiger partial charge in [0.25, 0.3) is 5.91 Å². The number of aromatic carboxylic acids is 1. The summed E-state index contributed by atoms with van der Waals surface area (Å²) in [7, 11) is 0. The summed E-state index contributed by atoms with van der Waals surface area (Å²) in [5.74, 6) is -4.96. The lowest BCUT2D eigenvalue weighted by Crippen LogP contribution is -2.31. The summed E-state index contributed by atoms with van der Waals surface area (Å²) in [6.07, 6.45) is -1.91. The molecule has 7 rings (SSSR count). The molecular weight excluding hydrogens is 1450 g/mol. The van der Waals surface area contributed by atoms with E-state index < -0.39 is 46.9 Å². The average molecular weight is 1560 g/mol. The second-order valence-corrected chi connectivity index (χ2v) is 30.4. The predicted molar refractivity (Wildman–Crippen MR) is 419 cm³/mol. The first kappa shape index (κ1) is 97.3. The zero-order chi connectivity index (χ0) is 85.1. The number of benzene rings is 4. The topological polar surface area (TPSA) is 298 Å². The highest BCUT2D eigenvalue weighted by Gasteiger charge is 2.34. The minimum atomic E-state index is -4.44. The number of Topliss-reactive ketones (excluding diaryl/α,β-unsaturated/α-hetero) is 3. The lowest BCUT2D eigenvalue weighted by Gasteiger charge is -2.22. The number of carbonyl (C=O) groups is 10. The van der Waals surface area contributed by atoms with Crippen LogP contribution in [0.4, 0.5) is 18.9 Å². The fraction of sp³-hybridized carbons (Fsp3) is 0.460. The molecule has 610 valence electrons. The molecule has 2 N–H and O–H groups in total. The normalized spacial score (nSPS) is 11.3. The van der Waals surface area contributed by atoms with E-state index in [4.69, 9.17) is 33.3 Å². The Kier molecular flexibility index (Phi) is 40.1. The van der Waals surface area contributed by atoms with Gasteiger partial charge in [-0.15, -0.1) is 0 Å². The van der Waals surface area contributed by atoms with Crippen molar-refractivity contribution in [3.05, 3.63) is 207 Å². The van der Waals surface area contributed by atoms with Gasteiger partial charge in [0, 0.05) is 87.6 Å². The summed E-state index contributed by atoms with van der Waals surface area (Å²) in [6, 6.07) is 38.3. The zero-order valence-corrected chi connectivity index (χ0v) is 68.5. The molecule has 3 aromatic heterocycles. The number of esters is 5. The van der Waals surface area contributed by atoms with E-state index in [-0.39, 0.29) is 109 Å². The molecule has 1 atom stereocenters. The molecule has 0 radical (unpaired) electrons. The zero-order valence-electron chi connectivity index (χ0n) is 68.5. The number of amides is 1. The molecule has 0 bridgehead atoms. The third-order valence-electron chi connectivity index (χ3n) is 17.0. The van der Waals surface area contributed by atoms with Crippen LogP contribution >= 0.6 is 0 Å². The summed E-state index contributed by atoms with van der Waals surface area (Å²) in [4.78, 5) is 133. The number of nitrogens with one attached hydrogen (secondary N) is 1. The number of carbonyl (C=O) groups excluding carboxylic acids is 11. The minimum Gasteiger partial charge on any atom is -0.478 e. The molecule has 4 aromatic carbocycles. The SMILES string of the molecule is CC(=O)C(CC(=O)C(C)(C)C)C(=O)OCc1ccccc1.CC(=O)CC(=O)OCc1ccccc1.CCCCn1c(C(C)(C)C)cc(C(=O)Nc2cccc(C(F)(F)F)c2)c1C.CCOC(=O)CCn1c(C(C)(C)C)cc(C(=O)O)c1C.CCOC(=O)CCn1c(C(C)(C)C)cc(C(=O)OCc2ccccc2)c1C.O=C=O. The van der Waals surface area contributed by atoms with Crippen molar-refractivity contribution in [1.82, 2.24) is 13.7 Å². The van der Waals surface area contributed by atoms with Crippen molar-refractivity contribution < 1.29 is 99.5 Å². The standard InChI is InChI=1S/C22H29NO4.C21H27F3N2O.C17H22O4.C15H23NO4.C11H12O3.CO2/c1-6-26-20(24)12-13-23-16(2)18(14-19(23)22(3,4)5)21(25)27-15-17-10-8-7-9-11-17;1-6-7-11-26-14(2)17(13-18(26)20(3,4)5)19(27)25-16-10-8-9-15(12-16)21(22,23)24;1-12(18)14(10-15(19)17(2,3)4)16(20)21-11-13-8-6-5-7-9-13;1-6-20-13(17)7-8-16-10(2)11(14(18)19)9-12(16)15(3,4)5;1-9(12)7-11(13)14-8-10-5-3-2-4-6-10;2-1-3/h7-11,14H,6,12-13,15H2,1-5H3;8-10,12-13H,6-7,11H2,1-5H3,(H,25,27);5-9,14H,10-11H2,1-4H3;9H,6-8H2,1-5H3,(H,18,19);2-6H,7-8H2,1H3;. The van der Waals surface area contributed by atoms with Gasteiger partial charge in [0.05, 0.1) is 48.3 Å². The molecule has 7 aromatic rings. The molecule has 1 unspecified atom stereocenters. The highest BCUT2D eigenvalue weighted by molar-refractivity contribution is 6.05. The number of hydrogen-bond acceptors (Lipinski definition) is 17. The quantitative estimate of drug-likeness (QED) is 0.0275. The number of ether oxygens (including phenoxy) is 5. The van der Waals surface area contributed by atoms with Gasteiger partial charge in [-0.05, 0) is 108 Å². The molecule has 0 aliphatic rings. The molecule has 25 heteroatoms. The van der Waals surface area contributed by atoms with Crippen LogP contribution in [0.2, 0.25) is 0 Å². The lowest BCUT2D eigenvalue weighted by atomic mass is 9.84. The van der Waals surface area contributed by atoms with Gasteiger partial charge in [0.2, 0.25) is 0 Å². The number of hydrogen-bond donors (Lipinski definition) is 2. The van der Waals surface area contributed by atoms with Crippen LogP contribution in [0, 0.1) is 32.1 Å². The Balaban J connectivity index is 0.000000478. The molecule has 112 heavy (non-hydrogen) atoms. The van der Waals surface area contributed by atoms with Crippen molar-refractivity contribution in [2.24, 2.45) is 11.3 Å². The van der Waals surface area contributed by atoms with Crippen LogP contribution in [0.5, 0.6) is 0 Å². The third-order valence-corrected chi connectivity index (χ3v) is 17.0. The minimum absolute atomic E-state index is 0.104. The number of halogens is 3. The maximum Gasteiger partial charge on any atom is 0.416 e. The van der Waals surface area contributed by atoms with Crippen LogP contribution in [0.25, 0.3) is 0 Å². The highest BCUT2D eigenvalue weighted by Crippen LogP contribution is 2.34. The van der Waals surface area contributed by atoms with Gasteiger partial charge in [0.1, 0.15) is 49.5 Å². The lowest BCUT2D eigenvalue weighted by molar-refractivity contribution is -0.192. The fourth-order valence-corrected chi connectivity index (χ4v) is 11.0. The van der Waals surface area contributed by atoms with Gasteiger partial charge >= 0.3 is 48.1 Å². The second kappa shape index (κ2) is 46.1. The smallest absolute Gasteiger partial charge is 0.416 e. The molecule has 22 nitrogen and oxygen atoms in total.